The van der Waals surface area contributed by atoms with E-state index in [1.54, 1.807) is 0 Å². The zero-order valence-corrected chi connectivity index (χ0v) is 8.79. The number of halogens is 3. The molecule has 6 nitrogen and oxygen atoms in total. The Morgan fingerprint density at radius 1 is 1.71 bits per heavy atom. The fourth-order valence-electron chi connectivity index (χ4n) is 1.49. The van der Waals surface area contributed by atoms with Crippen molar-refractivity contribution in [3.8, 4) is 0 Å². The molecule has 0 saturated carbocycles. The van der Waals surface area contributed by atoms with Gasteiger partial charge in [0, 0.05) is 25.6 Å². The number of nitrogens with two attached hydrogens (primary N) is 1. The molecule has 1 saturated heterocycles. The first kappa shape index (κ1) is 13.6. The second-order valence-electron chi connectivity index (χ2n) is 3.73. The Labute approximate surface area is 95.0 Å². The Balaban J connectivity index is 2.53. The van der Waals surface area contributed by atoms with E-state index in [1.807, 2.05) is 0 Å². The van der Waals surface area contributed by atoms with Crippen LogP contribution in [0, 0.1) is 5.92 Å². The maximum atomic E-state index is 12.5. The molecule has 1 heterocycles. The van der Waals surface area contributed by atoms with Gasteiger partial charge in [0.05, 0.1) is 0 Å². The molecule has 0 spiro atoms. The Hall–Kier alpha value is -1.51. The van der Waals surface area contributed by atoms with Crippen LogP contribution >= 0.6 is 0 Å². The van der Waals surface area contributed by atoms with E-state index < -0.39 is 24.5 Å². The second kappa shape index (κ2) is 5.21. The number of hydrogen-bond donors (Lipinski definition) is 4. The highest BCUT2D eigenvalue weighted by molar-refractivity contribution is 5.83. The van der Waals surface area contributed by atoms with Crippen LogP contribution in [0.2, 0.25) is 0 Å². The van der Waals surface area contributed by atoms with Crippen molar-refractivity contribution in [1.82, 2.24) is 10.6 Å². The lowest BCUT2D eigenvalue weighted by Gasteiger charge is -2.21. The van der Waals surface area contributed by atoms with Gasteiger partial charge in [-0.3, -0.25) is 4.79 Å². The summed E-state index contributed by atoms with van der Waals surface area (Å²) in [5.74, 6) is -3.18. The topological polar surface area (TPSA) is 99.7 Å². The minimum Gasteiger partial charge on any atom is -0.409 e. The van der Waals surface area contributed by atoms with Gasteiger partial charge in [0.1, 0.15) is 5.92 Å². The molecular weight excluding hydrogens is 241 g/mol. The van der Waals surface area contributed by atoms with E-state index in [9.17, 15) is 18.0 Å². The molecule has 0 radical (unpaired) electrons. The predicted octanol–water partition coefficient (Wildman–Crippen LogP) is -0.611. The van der Waals surface area contributed by atoms with Crippen molar-refractivity contribution in [3.63, 3.8) is 0 Å². The van der Waals surface area contributed by atoms with E-state index in [0.717, 1.165) is 0 Å². The van der Waals surface area contributed by atoms with Gasteiger partial charge in [-0.2, -0.15) is 13.2 Å². The number of rotatable bonds is 4. The van der Waals surface area contributed by atoms with E-state index in [2.05, 4.69) is 15.8 Å². The average Bonchev–Trinajstić information content (AvgIpc) is 2.62. The number of carbonyl (C=O) groups is 1. The number of nitrogens with zero attached hydrogens (tertiary/aromatic N) is 1. The summed E-state index contributed by atoms with van der Waals surface area (Å²) in [7, 11) is 0. The van der Waals surface area contributed by atoms with Gasteiger partial charge in [-0.05, 0) is 0 Å². The third-order valence-corrected chi connectivity index (χ3v) is 2.46. The average molecular weight is 254 g/mol. The highest BCUT2D eigenvalue weighted by Crippen LogP contribution is 2.26. The number of carbonyl (C=O) groups excluding carboxylic acids is 1. The number of amides is 1. The molecule has 1 aliphatic heterocycles. The Kier molecular flexibility index (Phi) is 4.16. The van der Waals surface area contributed by atoms with Crippen LogP contribution < -0.4 is 16.4 Å². The molecule has 0 aliphatic carbocycles. The van der Waals surface area contributed by atoms with Crippen molar-refractivity contribution in [2.24, 2.45) is 16.8 Å². The molecule has 1 aliphatic rings. The minimum atomic E-state index is -4.60. The molecule has 5 N–H and O–H groups in total. The van der Waals surface area contributed by atoms with Crippen LogP contribution in [0.5, 0.6) is 0 Å². The lowest BCUT2D eigenvalue weighted by molar-refractivity contribution is -0.155. The number of nitrogens with one attached hydrogen (secondary N) is 2. The summed E-state index contributed by atoms with van der Waals surface area (Å²) < 4.78 is 37.5. The quantitative estimate of drug-likeness (QED) is 0.233. The van der Waals surface area contributed by atoms with E-state index in [0.29, 0.717) is 0 Å². The van der Waals surface area contributed by atoms with Crippen molar-refractivity contribution in [2.45, 2.75) is 18.6 Å². The SMILES string of the molecule is NC(=NO)C(CNC1CNC(=O)C1)C(F)(F)F. The van der Waals surface area contributed by atoms with Gasteiger partial charge in [-0.1, -0.05) is 5.16 Å². The van der Waals surface area contributed by atoms with Gasteiger partial charge < -0.3 is 21.6 Å². The summed E-state index contributed by atoms with van der Waals surface area (Å²) in [5.41, 5.74) is 4.97. The van der Waals surface area contributed by atoms with Gasteiger partial charge in [-0.25, -0.2) is 0 Å². The van der Waals surface area contributed by atoms with Crippen LogP contribution in [0.4, 0.5) is 13.2 Å². The third kappa shape index (κ3) is 3.77. The lowest BCUT2D eigenvalue weighted by atomic mass is 10.1. The molecule has 1 fully saturated rings. The van der Waals surface area contributed by atoms with Crippen molar-refractivity contribution in [2.75, 3.05) is 13.1 Å². The van der Waals surface area contributed by atoms with Gasteiger partial charge in [-0.15, -0.1) is 0 Å². The molecular formula is C8H13F3N4O2. The van der Waals surface area contributed by atoms with Gasteiger partial charge in [0.2, 0.25) is 5.91 Å². The van der Waals surface area contributed by atoms with Crippen LogP contribution in [0.25, 0.3) is 0 Å². The number of oxime groups is 1. The van der Waals surface area contributed by atoms with E-state index >= 15 is 0 Å². The fraction of sp³-hybridized carbons (Fsp3) is 0.750. The molecule has 17 heavy (non-hydrogen) atoms. The largest absolute Gasteiger partial charge is 0.409 e. The van der Waals surface area contributed by atoms with E-state index in [-0.39, 0.29) is 24.9 Å². The Morgan fingerprint density at radius 3 is 2.76 bits per heavy atom. The first-order valence-corrected chi connectivity index (χ1v) is 4.88. The highest BCUT2D eigenvalue weighted by atomic mass is 19.4. The first-order chi connectivity index (χ1) is 7.84. The first-order valence-electron chi connectivity index (χ1n) is 4.88. The van der Waals surface area contributed by atoms with Gasteiger partial charge in [0.25, 0.3) is 0 Å². The molecule has 98 valence electrons. The van der Waals surface area contributed by atoms with Crippen LogP contribution in [0.3, 0.4) is 0 Å². The summed E-state index contributed by atoms with van der Waals surface area (Å²) >= 11 is 0. The number of amidine groups is 1. The molecule has 1 amide bonds. The molecule has 0 aromatic heterocycles. The molecule has 2 atom stereocenters. The van der Waals surface area contributed by atoms with Gasteiger partial charge in [0.15, 0.2) is 5.84 Å². The maximum absolute atomic E-state index is 12.5. The molecule has 0 aromatic rings. The smallest absolute Gasteiger partial charge is 0.400 e. The molecule has 2 unspecified atom stereocenters. The minimum absolute atomic E-state index is 0.126. The van der Waals surface area contributed by atoms with Crippen molar-refractivity contribution >= 4 is 11.7 Å². The lowest BCUT2D eigenvalue weighted by Crippen LogP contribution is -2.45. The Bertz CT molecular complexity index is 318. The molecule has 0 aromatic carbocycles. The fourth-order valence-corrected chi connectivity index (χ4v) is 1.49. The van der Waals surface area contributed by atoms with Crippen LogP contribution in [0.15, 0.2) is 5.16 Å². The maximum Gasteiger partial charge on any atom is 0.400 e. The van der Waals surface area contributed by atoms with Crippen LogP contribution in [-0.2, 0) is 4.79 Å². The third-order valence-electron chi connectivity index (χ3n) is 2.46. The standard InChI is InChI=1S/C8H13F3N4O2/c9-8(10,11)5(7(12)15-17)3-13-4-1-6(16)14-2-4/h4-5,13,17H,1-3H2,(H2,12,15)(H,14,16). The van der Waals surface area contributed by atoms with Crippen molar-refractivity contribution < 1.29 is 23.2 Å². The normalized spacial score (nSPS) is 23.6. The molecule has 1 rings (SSSR count). The zero-order valence-electron chi connectivity index (χ0n) is 8.79. The number of hydrogen-bond acceptors (Lipinski definition) is 4. The molecule has 0 bridgehead atoms. The van der Waals surface area contributed by atoms with Crippen molar-refractivity contribution in [3.05, 3.63) is 0 Å². The summed E-state index contributed by atoms with van der Waals surface area (Å²) in [4.78, 5) is 10.8. The van der Waals surface area contributed by atoms with Crippen LogP contribution in [-0.4, -0.2) is 42.3 Å². The predicted molar refractivity (Wildman–Crippen MR) is 52.4 cm³/mol. The van der Waals surface area contributed by atoms with E-state index in [1.165, 1.54) is 0 Å². The zero-order chi connectivity index (χ0) is 13.1. The van der Waals surface area contributed by atoms with Crippen molar-refractivity contribution in [1.29, 1.82) is 0 Å². The van der Waals surface area contributed by atoms with Crippen LogP contribution in [0.1, 0.15) is 6.42 Å². The monoisotopic (exact) mass is 254 g/mol. The summed E-state index contributed by atoms with van der Waals surface area (Å²) in [5, 5.41) is 15.7. The summed E-state index contributed by atoms with van der Waals surface area (Å²) in [6.07, 6.45) is -4.47. The summed E-state index contributed by atoms with van der Waals surface area (Å²) in [6.45, 7) is -0.251. The highest BCUT2D eigenvalue weighted by Gasteiger charge is 2.43. The second-order valence-corrected chi connectivity index (χ2v) is 3.73. The molecule has 9 heteroatoms. The number of alkyl halides is 3. The Morgan fingerprint density at radius 2 is 2.35 bits per heavy atom. The van der Waals surface area contributed by atoms with Gasteiger partial charge >= 0.3 is 6.18 Å². The summed E-state index contributed by atoms with van der Waals surface area (Å²) in [6, 6.07) is -0.362. The van der Waals surface area contributed by atoms with E-state index in [4.69, 9.17) is 10.9 Å².